The van der Waals surface area contributed by atoms with Gasteiger partial charge in [-0.2, -0.15) is 11.8 Å². The molecule has 66 valence electrons. The Bertz CT molecular complexity index is 117. The van der Waals surface area contributed by atoms with Gasteiger partial charge in [-0.05, 0) is 0 Å². The van der Waals surface area contributed by atoms with Gasteiger partial charge in [0.2, 0.25) is 0 Å². The van der Waals surface area contributed by atoms with E-state index in [4.69, 9.17) is 15.3 Å². The minimum absolute atomic E-state index is 0.0600. The van der Waals surface area contributed by atoms with Gasteiger partial charge in [0.1, 0.15) is 0 Å². The molecule has 0 aliphatic rings. The van der Waals surface area contributed by atoms with Crippen molar-refractivity contribution in [3.05, 3.63) is 0 Å². The fourth-order valence-electron chi connectivity index (χ4n) is 0.544. The first kappa shape index (κ1) is 10.7. The number of carbonyl (C=O) groups is 1. The van der Waals surface area contributed by atoms with Gasteiger partial charge in [-0.25, -0.2) is 0 Å². The second-order valence-electron chi connectivity index (χ2n) is 2.05. The third-order valence-electron chi connectivity index (χ3n) is 0.956. The van der Waals surface area contributed by atoms with Crippen LogP contribution in [0.2, 0.25) is 0 Å². The molecule has 0 saturated carbocycles. The number of aliphatic hydroxyl groups is 2. The van der Waals surface area contributed by atoms with Gasteiger partial charge in [0.05, 0.1) is 19.1 Å². The molecule has 0 aromatic heterocycles. The second-order valence-corrected chi connectivity index (χ2v) is 3.20. The Balaban J connectivity index is 3.22. The molecule has 5 heteroatoms. The van der Waals surface area contributed by atoms with Crippen molar-refractivity contribution in [2.45, 2.75) is 12.5 Å². The first-order chi connectivity index (χ1) is 5.16. The van der Waals surface area contributed by atoms with Crippen molar-refractivity contribution in [3.8, 4) is 0 Å². The lowest BCUT2D eigenvalue weighted by Gasteiger charge is -2.05. The molecule has 0 aromatic rings. The Kier molecular flexibility index (Phi) is 6.30. The molecule has 0 aliphatic heterocycles. The van der Waals surface area contributed by atoms with Crippen molar-refractivity contribution in [2.75, 3.05) is 18.1 Å². The van der Waals surface area contributed by atoms with Gasteiger partial charge in [-0.15, -0.1) is 0 Å². The third kappa shape index (κ3) is 7.64. The molecule has 0 rings (SSSR count). The molecule has 11 heavy (non-hydrogen) atoms. The molecule has 0 spiro atoms. The Morgan fingerprint density at radius 2 is 2.18 bits per heavy atom. The van der Waals surface area contributed by atoms with Crippen LogP contribution in [-0.4, -0.2) is 45.5 Å². The van der Waals surface area contributed by atoms with Crippen LogP contribution in [0, 0.1) is 0 Å². The lowest BCUT2D eigenvalue weighted by molar-refractivity contribution is -0.138. The maximum atomic E-state index is 10.0. The van der Waals surface area contributed by atoms with Gasteiger partial charge in [-0.3, -0.25) is 4.79 Å². The van der Waals surface area contributed by atoms with Crippen LogP contribution in [-0.2, 0) is 4.79 Å². The SMILES string of the molecule is O=C(O)CC(O)CSCCO. The zero-order valence-corrected chi connectivity index (χ0v) is 6.88. The number of carboxylic acids is 1. The zero-order chi connectivity index (χ0) is 8.69. The van der Waals surface area contributed by atoms with Crippen LogP contribution in [0.4, 0.5) is 0 Å². The monoisotopic (exact) mass is 180 g/mol. The fraction of sp³-hybridized carbons (Fsp3) is 0.833. The number of carboxylic acid groups (broad SMARTS) is 1. The second kappa shape index (κ2) is 6.45. The van der Waals surface area contributed by atoms with Crippen LogP contribution in [0.15, 0.2) is 0 Å². The molecular weight excluding hydrogens is 168 g/mol. The average molecular weight is 180 g/mol. The predicted octanol–water partition coefficient (Wildman–Crippen LogP) is -0.452. The van der Waals surface area contributed by atoms with E-state index in [1.165, 1.54) is 11.8 Å². The summed E-state index contributed by atoms with van der Waals surface area (Å²) in [4.78, 5) is 10.0. The van der Waals surface area contributed by atoms with Crippen LogP contribution in [0.5, 0.6) is 0 Å². The lowest BCUT2D eigenvalue weighted by atomic mass is 10.3. The van der Waals surface area contributed by atoms with Crippen molar-refractivity contribution in [2.24, 2.45) is 0 Å². The molecule has 3 N–H and O–H groups in total. The molecule has 0 saturated heterocycles. The van der Waals surface area contributed by atoms with Crippen molar-refractivity contribution in [3.63, 3.8) is 0 Å². The highest BCUT2D eigenvalue weighted by atomic mass is 32.2. The first-order valence-electron chi connectivity index (χ1n) is 3.25. The Hall–Kier alpha value is -0.260. The standard InChI is InChI=1S/C6H12O4S/c7-1-2-11-4-5(8)3-6(9)10/h5,7-8H,1-4H2,(H,9,10). The number of aliphatic carboxylic acids is 1. The van der Waals surface area contributed by atoms with Crippen LogP contribution in [0.1, 0.15) is 6.42 Å². The Morgan fingerprint density at radius 1 is 1.55 bits per heavy atom. The lowest BCUT2D eigenvalue weighted by Crippen LogP contribution is -2.15. The molecule has 0 amide bonds. The molecule has 0 bridgehead atoms. The molecule has 1 unspecified atom stereocenters. The molecular formula is C6H12O4S. The minimum atomic E-state index is -0.998. The van der Waals surface area contributed by atoms with Gasteiger partial charge in [-0.1, -0.05) is 0 Å². The fourth-order valence-corrected chi connectivity index (χ4v) is 1.23. The third-order valence-corrected chi connectivity index (χ3v) is 2.05. The highest BCUT2D eigenvalue weighted by Crippen LogP contribution is 2.04. The van der Waals surface area contributed by atoms with Gasteiger partial charge >= 0.3 is 5.97 Å². The van der Waals surface area contributed by atoms with Gasteiger partial charge in [0.25, 0.3) is 0 Å². The minimum Gasteiger partial charge on any atom is -0.481 e. The molecule has 1 atom stereocenters. The molecule has 4 nitrogen and oxygen atoms in total. The van der Waals surface area contributed by atoms with Crippen LogP contribution in [0.3, 0.4) is 0 Å². The van der Waals surface area contributed by atoms with Crippen molar-refractivity contribution in [1.29, 1.82) is 0 Å². The van der Waals surface area contributed by atoms with Crippen LogP contribution < -0.4 is 0 Å². The van der Waals surface area contributed by atoms with Crippen molar-refractivity contribution in [1.82, 2.24) is 0 Å². The Labute approximate surface area is 69.2 Å². The summed E-state index contributed by atoms with van der Waals surface area (Å²) in [5, 5.41) is 25.5. The number of rotatable bonds is 6. The van der Waals surface area contributed by atoms with E-state index in [9.17, 15) is 4.79 Å². The van der Waals surface area contributed by atoms with E-state index in [-0.39, 0.29) is 13.0 Å². The molecule has 0 radical (unpaired) electrons. The summed E-state index contributed by atoms with van der Waals surface area (Å²) >= 11 is 1.34. The summed E-state index contributed by atoms with van der Waals surface area (Å²) in [5.74, 6) is -0.0918. The molecule has 0 aliphatic carbocycles. The topological polar surface area (TPSA) is 77.8 Å². The maximum absolute atomic E-state index is 10.0. The van der Waals surface area contributed by atoms with E-state index in [1.54, 1.807) is 0 Å². The van der Waals surface area contributed by atoms with E-state index in [1.807, 2.05) is 0 Å². The summed E-state index contributed by atoms with van der Waals surface area (Å²) in [5.41, 5.74) is 0. The van der Waals surface area contributed by atoms with E-state index in [0.717, 1.165) is 0 Å². The van der Waals surface area contributed by atoms with Crippen molar-refractivity contribution >= 4 is 17.7 Å². The number of hydrogen-bond donors (Lipinski definition) is 3. The van der Waals surface area contributed by atoms with Crippen LogP contribution in [0.25, 0.3) is 0 Å². The summed E-state index contributed by atoms with van der Waals surface area (Å²) in [6.07, 6.45) is -1.03. The predicted molar refractivity (Wildman–Crippen MR) is 42.7 cm³/mol. The van der Waals surface area contributed by atoms with E-state index in [0.29, 0.717) is 11.5 Å². The molecule has 0 heterocycles. The number of hydrogen-bond acceptors (Lipinski definition) is 4. The molecule has 0 aromatic carbocycles. The summed E-state index contributed by atoms with van der Waals surface area (Å²) in [6, 6.07) is 0. The number of thioether (sulfide) groups is 1. The van der Waals surface area contributed by atoms with E-state index in [2.05, 4.69) is 0 Å². The highest BCUT2D eigenvalue weighted by molar-refractivity contribution is 7.99. The van der Waals surface area contributed by atoms with Gasteiger partial charge in [0.15, 0.2) is 0 Å². The largest absolute Gasteiger partial charge is 0.481 e. The van der Waals surface area contributed by atoms with Gasteiger partial charge < -0.3 is 15.3 Å². The molecule has 0 fully saturated rings. The number of aliphatic hydroxyl groups excluding tert-OH is 2. The quantitative estimate of drug-likeness (QED) is 0.482. The Morgan fingerprint density at radius 3 is 2.64 bits per heavy atom. The van der Waals surface area contributed by atoms with E-state index >= 15 is 0 Å². The van der Waals surface area contributed by atoms with Crippen molar-refractivity contribution < 1.29 is 20.1 Å². The first-order valence-corrected chi connectivity index (χ1v) is 4.40. The van der Waals surface area contributed by atoms with Crippen LogP contribution >= 0.6 is 11.8 Å². The normalized spacial score (nSPS) is 12.9. The average Bonchev–Trinajstić information content (AvgIpc) is 1.86. The zero-order valence-electron chi connectivity index (χ0n) is 6.06. The summed E-state index contributed by atoms with van der Waals surface area (Å²) in [6.45, 7) is 0.0600. The summed E-state index contributed by atoms with van der Waals surface area (Å²) in [7, 11) is 0. The smallest absolute Gasteiger partial charge is 0.306 e. The maximum Gasteiger partial charge on any atom is 0.306 e. The summed E-state index contributed by atoms with van der Waals surface area (Å²) < 4.78 is 0. The van der Waals surface area contributed by atoms with Gasteiger partial charge in [0, 0.05) is 11.5 Å². The van der Waals surface area contributed by atoms with E-state index < -0.39 is 12.1 Å². The highest BCUT2D eigenvalue weighted by Gasteiger charge is 2.08.